The Kier molecular flexibility index (Phi) is 5.29. The number of anilines is 1. The van der Waals surface area contributed by atoms with Gasteiger partial charge >= 0.3 is 0 Å². The van der Waals surface area contributed by atoms with Crippen LogP contribution >= 0.6 is 0 Å². The molecule has 0 bridgehead atoms. The van der Waals surface area contributed by atoms with Gasteiger partial charge in [0.1, 0.15) is 5.58 Å². The van der Waals surface area contributed by atoms with Crippen LogP contribution in [0, 0.1) is 13.8 Å². The van der Waals surface area contributed by atoms with Crippen molar-refractivity contribution < 1.29 is 14.0 Å². The topological polar surface area (TPSA) is 70.8 Å². The number of para-hydroxylation sites is 1. The molecule has 0 fully saturated rings. The zero-order valence-corrected chi connectivity index (χ0v) is 22.2. The van der Waals surface area contributed by atoms with E-state index < -0.39 is 11.4 Å². The fraction of sp³-hybridized carbons (Fsp3) is 0.147. The number of nitrogens with zero attached hydrogens (tertiary/aromatic N) is 2. The molecule has 0 saturated carbocycles. The molecule has 1 aromatic heterocycles. The van der Waals surface area contributed by atoms with Crippen LogP contribution in [-0.4, -0.2) is 16.7 Å². The number of carbonyl (C=O) groups is 2. The normalized spacial score (nSPS) is 17.6. The molecule has 40 heavy (non-hydrogen) atoms. The summed E-state index contributed by atoms with van der Waals surface area (Å²) >= 11 is 0. The van der Waals surface area contributed by atoms with Crippen molar-refractivity contribution in [3.8, 4) is 0 Å². The van der Waals surface area contributed by atoms with Crippen molar-refractivity contribution >= 4 is 28.5 Å². The molecule has 1 unspecified atom stereocenters. The predicted octanol–water partition coefficient (Wildman–Crippen LogP) is 5.86. The van der Waals surface area contributed by atoms with Gasteiger partial charge < -0.3 is 14.2 Å². The van der Waals surface area contributed by atoms with E-state index in [0.29, 0.717) is 28.8 Å². The molecule has 1 atom stereocenters. The monoisotopic (exact) mass is 526 g/mol. The minimum atomic E-state index is -1.65. The summed E-state index contributed by atoms with van der Waals surface area (Å²) in [6, 6.07) is 30.3. The SMILES string of the molecule is Cc1ccc(CN2C(=O)c3oc4ccc(C)cc4c(=O)c3C23C(=O)N(Cc2ccccc2)c2ccccc23)cc1. The lowest BCUT2D eigenvalue weighted by molar-refractivity contribution is -0.126. The van der Waals surface area contributed by atoms with Crippen molar-refractivity contribution in [2.75, 3.05) is 4.90 Å². The zero-order valence-electron chi connectivity index (χ0n) is 22.2. The second kappa shape index (κ2) is 8.78. The van der Waals surface area contributed by atoms with Crippen LogP contribution in [0.1, 0.15) is 43.9 Å². The van der Waals surface area contributed by atoms with Gasteiger partial charge in [0.05, 0.1) is 23.2 Å². The molecular formula is C34H26N2O4. The smallest absolute Gasteiger partial charge is 0.291 e. The van der Waals surface area contributed by atoms with Gasteiger partial charge in [-0.1, -0.05) is 90.0 Å². The summed E-state index contributed by atoms with van der Waals surface area (Å²) in [6.45, 7) is 4.33. The van der Waals surface area contributed by atoms with Crippen LogP contribution in [-0.2, 0) is 23.4 Å². The minimum Gasteiger partial charge on any atom is -0.450 e. The van der Waals surface area contributed by atoms with Crippen LogP contribution in [0.5, 0.6) is 0 Å². The molecule has 2 aliphatic heterocycles. The Hall–Kier alpha value is -4.97. The van der Waals surface area contributed by atoms with Gasteiger partial charge in [-0.2, -0.15) is 0 Å². The Bertz CT molecular complexity index is 1890. The molecule has 5 aromatic rings. The standard InChI is InChI=1S/C34H26N2O4/c1-21-12-15-24(16-13-21)20-36-32(38)31-29(30(37)25-18-22(2)14-17-28(25)40-31)34(36)26-10-6-7-11-27(26)35(33(34)39)19-23-8-4-3-5-9-23/h3-18H,19-20H2,1-2H3. The third kappa shape index (κ3) is 3.32. The molecule has 0 N–H and O–H groups in total. The van der Waals surface area contributed by atoms with Crippen LogP contribution in [0.2, 0.25) is 0 Å². The highest BCUT2D eigenvalue weighted by atomic mass is 16.3. The molecule has 4 aromatic carbocycles. The van der Waals surface area contributed by atoms with Gasteiger partial charge in [-0.15, -0.1) is 0 Å². The number of benzene rings is 4. The lowest BCUT2D eigenvalue weighted by Crippen LogP contribution is -2.52. The van der Waals surface area contributed by atoms with E-state index in [1.54, 1.807) is 17.0 Å². The molecule has 0 aliphatic carbocycles. The van der Waals surface area contributed by atoms with Crippen LogP contribution in [0.4, 0.5) is 5.69 Å². The van der Waals surface area contributed by atoms with Crippen molar-refractivity contribution in [2.24, 2.45) is 0 Å². The average molecular weight is 527 g/mol. The van der Waals surface area contributed by atoms with Gasteiger partial charge in [-0.05, 0) is 43.2 Å². The third-order valence-corrected chi connectivity index (χ3v) is 8.04. The van der Waals surface area contributed by atoms with Gasteiger partial charge in [-0.25, -0.2) is 0 Å². The van der Waals surface area contributed by atoms with E-state index in [0.717, 1.165) is 22.3 Å². The maximum absolute atomic E-state index is 14.9. The predicted molar refractivity (Wildman–Crippen MR) is 153 cm³/mol. The van der Waals surface area contributed by atoms with E-state index in [1.165, 1.54) is 4.90 Å². The van der Waals surface area contributed by atoms with Gasteiger partial charge in [0.2, 0.25) is 5.76 Å². The summed E-state index contributed by atoms with van der Waals surface area (Å²) in [6.07, 6.45) is 0. The van der Waals surface area contributed by atoms with E-state index in [2.05, 4.69) is 0 Å². The number of hydrogen-bond donors (Lipinski definition) is 0. The number of carbonyl (C=O) groups excluding carboxylic acids is 2. The molecule has 7 rings (SSSR count). The fourth-order valence-corrected chi connectivity index (χ4v) is 6.12. The summed E-state index contributed by atoms with van der Waals surface area (Å²) in [5, 5.41) is 0.356. The second-order valence-electron chi connectivity index (χ2n) is 10.6. The summed E-state index contributed by atoms with van der Waals surface area (Å²) in [5.74, 6) is -0.880. The summed E-state index contributed by atoms with van der Waals surface area (Å²) in [5.41, 5.74) is 3.47. The minimum absolute atomic E-state index is 0.0711. The molecule has 0 saturated heterocycles. The van der Waals surface area contributed by atoms with E-state index in [9.17, 15) is 14.4 Å². The van der Waals surface area contributed by atoms with Crippen LogP contribution in [0.3, 0.4) is 0 Å². The Balaban J connectivity index is 1.52. The quantitative estimate of drug-likeness (QED) is 0.294. The lowest BCUT2D eigenvalue weighted by atomic mass is 9.83. The van der Waals surface area contributed by atoms with Crippen molar-refractivity contribution in [2.45, 2.75) is 32.5 Å². The van der Waals surface area contributed by atoms with Crippen LogP contribution in [0.15, 0.2) is 106 Å². The second-order valence-corrected chi connectivity index (χ2v) is 10.6. The molecule has 0 radical (unpaired) electrons. The van der Waals surface area contributed by atoms with E-state index in [4.69, 9.17) is 4.42 Å². The maximum Gasteiger partial charge on any atom is 0.291 e. The first-order valence-electron chi connectivity index (χ1n) is 13.3. The first kappa shape index (κ1) is 24.1. The van der Waals surface area contributed by atoms with Crippen molar-refractivity contribution in [3.05, 3.63) is 146 Å². The molecule has 1 spiro atoms. The molecule has 3 heterocycles. The van der Waals surface area contributed by atoms with Gasteiger partial charge in [0, 0.05) is 12.1 Å². The summed E-state index contributed by atoms with van der Waals surface area (Å²) < 4.78 is 6.18. The highest BCUT2D eigenvalue weighted by molar-refractivity contribution is 6.17. The van der Waals surface area contributed by atoms with E-state index in [1.807, 2.05) is 98.8 Å². The molecule has 196 valence electrons. The van der Waals surface area contributed by atoms with Crippen molar-refractivity contribution in [1.82, 2.24) is 4.90 Å². The fourth-order valence-electron chi connectivity index (χ4n) is 6.12. The summed E-state index contributed by atoms with van der Waals surface area (Å²) in [7, 11) is 0. The molecule has 2 aliphatic rings. The van der Waals surface area contributed by atoms with Crippen molar-refractivity contribution in [3.63, 3.8) is 0 Å². The highest BCUT2D eigenvalue weighted by Gasteiger charge is 2.64. The third-order valence-electron chi connectivity index (χ3n) is 8.04. The molecular weight excluding hydrogens is 500 g/mol. The van der Waals surface area contributed by atoms with Gasteiger partial charge in [-0.3, -0.25) is 14.4 Å². The number of amides is 2. The first-order chi connectivity index (χ1) is 19.4. The molecule has 6 heteroatoms. The van der Waals surface area contributed by atoms with Gasteiger partial charge in [0.25, 0.3) is 11.8 Å². The Morgan fingerprint density at radius 3 is 2.17 bits per heavy atom. The number of hydrogen-bond acceptors (Lipinski definition) is 4. The molecule has 2 amide bonds. The summed E-state index contributed by atoms with van der Waals surface area (Å²) in [4.78, 5) is 46.7. The number of aryl methyl sites for hydroxylation is 2. The lowest BCUT2D eigenvalue weighted by Gasteiger charge is -2.34. The van der Waals surface area contributed by atoms with E-state index >= 15 is 0 Å². The Morgan fingerprint density at radius 2 is 1.40 bits per heavy atom. The average Bonchev–Trinajstić information content (AvgIpc) is 3.35. The number of fused-ring (bicyclic) bond motifs is 5. The molecule has 6 nitrogen and oxygen atoms in total. The maximum atomic E-state index is 14.9. The largest absolute Gasteiger partial charge is 0.450 e. The van der Waals surface area contributed by atoms with Crippen LogP contribution < -0.4 is 10.3 Å². The Labute approximate surface area is 231 Å². The van der Waals surface area contributed by atoms with E-state index in [-0.39, 0.29) is 29.2 Å². The van der Waals surface area contributed by atoms with Gasteiger partial charge in [0.15, 0.2) is 11.0 Å². The highest BCUT2D eigenvalue weighted by Crippen LogP contribution is 2.53. The Morgan fingerprint density at radius 1 is 0.725 bits per heavy atom. The number of rotatable bonds is 4. The zero-order chi connectivity index (χ0) is 27.6. The van der Waals surface area contributed by atoms with Crippen LogP contribution in [0.25, 0.3) is 11.0 Å². The first-order valence-corrected chi connectivity index (χ1v) is 13.3. The van der Waals surface area contributed by atoms with Crippen molar-refractivity contribution in [1.29, 1.82) is 0 Å².